The molecule has 1 aromatic heterocycles. The molecule has 0 unspecified atom stereocenters. The molecule has 0 spiro atoms. The van der Waals surface area contributed by atoms with Crippen molar-refractivity contribution in [2.75, 3.05) is 39.3 Å². The van der Waals surface area contributed by atoms with E-state index in [-0.39, 0.29) is 0 Å². The molecule has 2 aromatic carbocycles. The Hall–Kier alpha value is -2.17. The molecule has 166 valence electrons. The van der Waals surface area contributed by atoms with E-state index in [4.69, 9.17) is 0 Å². The largest absolute Gasteiger partial charge is 0.343 e. The molecular weight excluding hydrogens is 385 g/mol. The van der Waals surface area contributed by atoms with Crippen LogP contribution in [-0.2, 0) is 13.0 Å². The number of fused-ring (bicyclic) bond motifs is 1. The van der Waals surface area contributed by atoms with E-state index < -0.39 is 5.67 Å². The van der Waals surface area contributed by atoms with Gasteiger partial charge >= 0.3 is 0 Å². The summed E-state index contributed by atoms with van der Waals surface area (Å²) in [6.45, 7) is 14.3. The highest BCUT2D eigenvalue weighted by atomic mass is 19.1. The number of aryl methyl sites for hydroxylation is 1. The van der Waals surface area contributed by atoms with E-state index in [1.54, 1.807) is 13.8 Å². The molecule has 1 aliphatic rings. The Balaban J connectivity index is 1.46. The molecule has 0 N–H and O–H groups in total. The minimum atomic E-state index is -1.11. The summed E-state index contributed by atoms with van der Waals surface area (Å²) in [4.78, 5) is 4.78. The maximum atomic E-state index is 14.0. The van der Waals surface area contributed by atoms with Crippen molar-refractivity contribution in [1.29, 1.82) is 0 Å². The maximum absolute atomic E-state index is 14.0. The number of piperazine rings is 1. The van der Waals surface area contributed by atoms with Crippen LogP contribution < -0.4 is 0 Å². The third kappa shape index (κ3) is 5.36. The van der Waals surface area contributed by atoms with Gasteiger partial charge in [-0.25, -0.2) is 4.39 Å². The highest BCUT2D eigenvalue weighted by Gasteiger charge is 2.24. The van der Waals surface area contributed by atoms with Crippen LogP contribution in [0.2, 0.25) is 0 Å². The van der Waals surface area contributed by atoms with Gasteiger partial charge in [-0.1, -0.05) is 48.0 Å². The van der Waals surface area contributed by atoms with Gasteiger partial charge < -0.3 is 4.57 Å². The molecule has 1 fully saturated rings. The second-order valence-corrected chi connectivity index (χ2v) is 9.73. The summed E-state index contributed by atoms with van der Waals surface area (Å²) in [6, 6.07) is 17.7. The zero-order valence-corrected chi connectivity index (χ0v) is 19.5. The first-order valence-corrected chi connectivity index (χ1v) is 11.6. The Bertz CT molecular complexity index is 1010. The van der Waals surface area contributed by atoms with Crippen molar-refractivity contribution in [2.24, 2.45) is 0 Å². The van der Waals surface area contributed by atoms with Gasteiger partial charge in [0.15, 0.2) is 0 Å². The van der Waals surface area contributed by atoms with Crippen molar-refractivity contribution in [3.63, 3.8) is 0 Å². The lowest BCUT2D eigenvalue weighted by atomic mass is 10.0. The van der Waals surface area contributed by atoms with E-state index in [2.05, 4.69) is 76.7 Å². The summed E-state index contributed by atoms with van der Waals surface area (Å²) < 4.78 is 16.4. The van der Waals surface area contributed by atoms with E-state index in [1.807, 2.05) is 0 Å². The highest BCUT2D eigenvalue weighted by molar-refractivity contribution is 5.85. The van der Waals surface area contributed by atoms with Crippen LogP contribution in [0.25, 0.3) is 10.9 Å². The van der Waals surface area contributed by atoms with Crippen molar-refractivity contribution >= 4 is 10.9 Å². The first-order valence-electron chi connectivity index (χ1n) is 11.6. The van der Waals surface area contributed by atoms with Crippen LogP contribution in [0.1, 0.15) is 36.2 Å². The van der Waals surface area contributed by atoms with Crippen LogP contribution >= 0.6 is 0 Å². The summed E-state index contributed by atoms with van der Waals surface area (Å²) in [6.07, 6.45) is 0.970. The Morgan fingerprint density at radius 2 is 1.48 bits per heavy atom. The lowest BCUT2D eigenvalue weighted by molar-refractivity contribution is 0.0748. The van der Waals surface area contributed by atoms with Gasteiger partial charge in [-0.2, -0.15) is 0 Å². The third-order valence-corrected chi connectivity index (χ3v) is 6.57. The van der Waals surface area contributed by atoms with Crippen molar-refractivity contribution in [3.05, 3.63) is 70.9 Å². The van der Waals surface area contributed by atoms with E-state index in [0.29, 0.717) is 6.54 Å². The van der Waals surface area contributed by atoms with Crippen LogP contribution in [0.15, 0.2) is 48.5 Å². The molecule has 1 saturated heterocycles. The fourth-order valence-electron chi connectivity index (χ4n) is 4.87. The normalized spacial score (nSPS) is 16.3. The molecule has 0 radical (unpaired) electrons. The van der Waals surface area contributed by atoms with Crippen molar-refractivity contribution < 1.29 is 4.39 Å². The van der Waals surface area contributed by atoms with Gasteiger partial charge in [-0.05, 0) is 51.3 Å². The quantitative estimate of drug-likeness (QED) is 0.518. The summed E-state index contributed by atoms with van der Waals surface area (Å²) in [5.41, 5.74) is 5.70. The standard InChI is InChI=1S/C27H36FN3/c1-21-9-11-23(12-10-21)19-25-22(2)31(26-8-6-5-7-24(25)26)18-17-29-13-15-30(16-14-29)20-27(3,4)28/h5-12H,13-20H2,1-4H3. The number of para-hydroxylation sites is 1. The Morgan fingerprint density at radius 1 is 0.839 bits per heavy atom. The predicted octanol–water partition coefficient (Wildman–Crippen LogP) is 5.21. The van der Waals surface area contributed by atoms with Crippen LogP contribution in [-0.4, -0.2) is 59.3 Å². The van der Waals surface area contributed by atoms with E-state index in [9.17, 15) is 4.39 Å². The van der Waals surface area contributed by atoms with Gasteiger partial charge in [0.1, 0.15) is 5.67 Å². The van der Waals surface area contributed by atoms with Gasteiger partial charge in [0.05, 0.1) is 0 Å². The number of hydrogen-bond acceptors (Lipinski definition) is 2. The zero-order chi connectivity index (χ0) is 22.0. The predicted molar refractivity (Wildman–Crippen MR) is 129 cm³/mol. The summed E-state index contributed by atoms with van der Waals surface area (Å²) >= 11 is 0. The zero-order valence-electron chi connectivity index (χ0n) is 19.5. The fraction of sp³-hybridized carbons (Fsp3) is 0.481. The van der Waals surface area contributed by atoms with Crippen LogP contribution in [0, 0.1) is 13.8 Å². The second kappa shape index (κ2) is 9.13. The summed E-state index contributed by atoms with van der Waals surface area (Å²) in [5.74, 6) is 0. The fourth-order valence-corrected chi connectivity index (χ4v) is 4.87. The van der Waals surface area contributed by atoms with Crippen LogP contribution in [0.4, 0.5) is 4.39 Å². The molecular formula is C27H36FN3. The molecule has 1 aliphatic heterocycles. The van der Waals surface area contributed by atoms with Crippen LogP contribution in [0.3, 0.4) is 0 Å². The minimum Gasteiger partial charge on any atom is -0.343 e. The number of hydrogen-bond donors (Lipinski definition) is 0. The average molecular weight is 422 g/mol. The summed E-state index contributed by atoms with van der Waals surface area (Å²) in [5, 5.41) is 1.37. The molecule has 4 heteroatoms. The third-order valence-electron chi connectivity index (χ3n) is 6.57. The molecule has 4 rings (SSSR count). The molecule has 0 bridgehead atoms. The lowest BCUT2D eigenvalue weighted by Crippen LogP contribution is -2.50. The van der Waals surface area contributed by atoms with E-state index in [0.717, 1.165) is 45.7 Å². The topological polar surface area (TPSA) is 11.4 Å². The first kappa shape index (κ1) is 22.0. The summed E-state index contributed by atoms with van der Waals surface area (Å²) in [7, 11) is 0. The Kier molecular flexibility index (Phi) is 6.49. The van der Waals surface area contributed by atoms with Gasteiger partial charge in [0.2, 0.25) is 0 Å². The van der Waals surface area contributed by atoms with Crippen LogP contribution in [0.5, 0.6) is 0 Å². The lowest BCUT2D eigenvalue weighted by Gasteiger charge is -2.36. The Labute approximate surface area is 186 Å². The average Bonchev–Trinajstić information content (AvgIpc) is 2.99. The van der Waals surface area contributed by atoms with E-state index >= 15 is 0 Å². The molecule has 2 heterocycles. The maximum Gasteiger partial charge on any atom is 0.118 e. The van der Waals surface area contributed by atoms with Gasteiger partial charge in [0.25, 0.3) is 0 Å². The monoisotopic (exact) mass is 421 g/mol. The molecule has 31 heavy (non-hydrogen) atoms. The molecule has 0 aliphatic carbocycles. The van der Waals surface area contributed by atoms with Crippen molar-refractivity contribution in [2.45, 2.75) is 46.3 Å². The Morgan fingerprint density at radius 3 is 2.16 bits per heavy atom. The molecule has 0 atom stereocenters. The number of rotatable bonds is 7. The smallest absolute Gasteiger partial charge is 0.118 e. The SMILES string of the molecule is Cc1ccc(Cc2c(C)n(CCN3CCN(CC(C)(C)F)CC3)c3ccccc23)cc1. The van der Waals surface area contributed by atoms with Gasteiger partial charge in [-0.3, -0.25) is 9.80 Å². The number of aromatic nitrogens is 1. The van der Waals surface area contributed by atoms with E-state index in [1.165, 1.54) is 33.3 Å². The molecule has 3 aromatic rings. The number of nitrogens with zero attached hydrogens (tertiary/aromatic N) is 3. The minimum absolute atomic E-state index is 0.532. The van der Waals surface area contributed by atoms with Gasteiger partial charge in [0, 0.05) is 62.4 Å². The molecule has 3 nitrogen and oxygen atoms in total. The van der Waals surface area contributed by atoms with Crippen molar-refractivity contribution in [1.82, 2.24) is 14.4 Å². The number of halogens is 1. The first-order chi connectivity index (χ1) is 14.8. The van der Waals surface area contributed by atoms with Crippen molar-refractivity contribution in [3.8, 4) is 0 Å². The van der Waals surface area contributed by atoms with Gasteiger partial charge in [-0.15, -0.1) is 0 Å². The second-order valence-electron chi connectivity index (χ2n) is 9.73. The highest BCUT2D eigenvalue weighted by Crippen LogP contribution is 2.28. The molecule has 0 saturated carbocycles. The number of benzene rings is 2. The molecule has 0 amide bonds. The number of alkyl halides is 1.